The molecule has 2 aliphatic rings. The number of hydrogen-bond donors (Lipinski definition) is 2. The molecule has 3 rings (SSSR count). The van der Waals surface area contributed by atoms with Crippen LogP contribution in [0.1, 0.15) is 29.6 Å². The molecular weight excluding hydrogens is 372 g/mol. The number of hydrogen-bond acceptors (Lipinski definition) is 6. The van der Waals surface area contributed by atoms with E-state index in [2.05, 4.69) is 10.6 Å². The highest BCUT2D eigenvalue weighted by molar-refractivity contribution is 7.94. The molecule has 1 heterocycles. The van der Waals surface area contributed by atoms with Crippen molar-refractivity contribution >= 4 is 33.3 Å². The summed E-state index contributed by atoms with van der Waals surface area (Å²) in [7, 11) is -3.24. The maximum Gasteiger partial charge on any atom is 0.306 e. The second-order valence-corrected chi connectivity index (χ2v) is 8.56. The molecule has 0 aromatic heterocycles. The molecular formula is C18H20N2O6S. The van der Waals surface area contributed by atoms with E-state index in [9.17, 15) is 22.8 Å². The van der Waals surface area contributed by atoms with Crippen molar-refractivity contribution in [1.82, 2.24) is 5.32 Å². The molecule has 1 atom stereocenters. The molecule has 144 valence electrons. The fraction of sp³-hybridized carbons (Fsp3) is 0.389. The number of nitrogens with one attached hydrogen (secondary N) is 2. The van der Waals surface area contributed by atoms with Crippen LogP contribution in [0.2, 0.25) is 0 Å². The van der Waals surface area contributed by atoms with Crippen LogP contribution in [0, 0.1) is 5.92 Å². The number of carbonyl (C=O) groups is 3. The monoisotopic (exact) mass is 392 g/mol. The number of amides is 2. The molecule has 9 heteroatoms. The number of ether oxygens (including phenoxy) is 1. The minimum absolute atomic E-state index is 0.108. The van der Waals surface area contributed by atoms with Crippen molar-refractivity contribution in [1.29, 1.82) is 0 Å². The Kier molecular flexibility index (Phi) is 5.59. The van der Waals surface area contributed by atoms with Crippen molar-refractivity contribution in [3.63, 3.8) is 0 Å². The quantitative estimate of drug-likeness (QED) is 0.669. The van der Waals surface area contributed by atoms with Gasteiger partial charge in [0.1, 0.15) is 0 Å². The third kappa shape index (κ3) is 5.65. The SMILES string of the molecule is O=C(COC(=O)CC1C=CS(=O)(=O)C1)Nc1ccccc1C(=O)NC1CC1. The van der Waals surface area contributed by atoms with E-state index < -0.39 is 34.2 Å². The number of anilines is 1. The van der Waals surface area contributed by atoms with Crippen molar-refractivity contribution in [2.24, 2.45) is 5.92 Å². The van der Waals surface area contributed by atoms with E-state index in [-0.39, 0.29) is 24.1 Å². The first-order valence-electron chi connectivity index (χ1n) is 8.59. The van der Waals surface area contributed by atoms with Crippen molar-refractivity contribution in [3.05, 3.63) is 41.3 Å². The molecule has 1 saturated carbocycles. The van der Waals surface area contributed by atoms with E-state index in [1.54, 1.807) is 24.3 Å². The summed E-state index contributed by atoms with van der Waals surface area (Å²) in [5.74, 6) is -2.06. The van der Waals surface area contributed by atoms with Gasteiger partial charge in [-0.2, -0.15) is 0 Å². The molecule has 27 heavy (non-hydrogen) atoms. The Morgan fingerprint density at radius 2 is 1.89 bits per heavy atom. The topological polar surface area (TPSA) is 119 Å². The van der Waals surface area contributed by atoms with Crippen LogP contribution in [0.25, 0.3) is 0 Å². The Labute approximate surface area is 156 Å². The third-order valence-electron chi connectivity index (χ3n) is 4.16. The second-order valence-electron chi connectivity index (χ2n) is 6.62. The first-order chi connectivity index (χ1) is 12.8. The maximum atomic E-state index is 12.2. The highest BCUT2D eigenvalue weighted by Gasteiger charge is 2.26. The molecule has 2 N–H and O–H groups in total. The zero-order chi connectivity index (χ0) is 19.4. The van der Waals surface area contributed by atoms with Gasteiger partial charge >= 0.3 is 5.97 Å². The summed E-state index contributed by atoms with van der Waals surface area (Å²) in [6.07, 6.45) is 3.25. The van der Waals surface area contributed by atoms with E-state index in [0.29, 0.717) is 11.3 Å². The largest absolute Gasteiger partial charge is 0.456 e. The Balaban J connectivity index is 1.48. The molecule has 1 fully saturated rings. The molecule has 0 bridgehead atoms. The normalized spacial score (nSPS) is 20.1. The molecule has 1 aliphatic carbocycles. The predicted octanol–water partition coefficient (Wildman–Crippen LogP) is 1.01. The summed E-state index contributed by atoms with van der Waals surface area (Å²) in [4.78, 5) is 36.0. The summed E-state index contributed by atoms with van der Waals surface area (Å²) in [5.41, 5.74) is 0.673. The van der Waals surface area contributed by atoms with Gasteiger partial charge in [0.15, 0.2) is 16.4 Å². The molecule has 1 unspecified atom stereocenters. The van der Waals surface area contributed by atoms with Gasteiger partial charge in [0.2, 0.25) is 0 Å². The number of carbonyl (C=O) groups excluding carboxylic acids is 3. The second kappa shape index (κ2) is 7.91. The number of rotatable bonds is 7. The van der Waals surface area contributed by atoms with Gasteiger partial charge in [-0.1, -0.05) is 18.2 Å². The summed E-state index contributed by atoms with van der Waals surface area (Å²) >= 11 is 0. The lowest BCUT2D eigenvalue weighted by molar-refractivity contribution is -0.147. The van der Waals surface area contributed by atoms with Gasteiger partial charge in [-0.25, -0.2) is 8.42 Å². The molecule has 0 spiro atoms. The molecule has 1 aliphatic heterocycles. The highest BCUT2D eigenvalue weighted by atomic mass is 32.2. The standard InChI is InChI=1S/C18H20N2O6S/c21-16(10-26-17(22)9-12-7-8-27(24,25)11-12)20-15-4-2-1-3-14(15)18(23)19-13-5-6-13/h1-4,7-8,12-13H,5-6,9-11H2,(H,19,23)(H,20,21). The Bertz CT molecular complexity index is 889. The molecule has 1 aromatic rings. The lowest BCUT2D eigenvalue weighted by Gasteiger charge is -2.12. The minimum atomic E-state index is -3.24. The fourth-order valence-electron chi connectivity index (χ4n) is 2.65. The Morgan fingerprint density at radius 1 is 1.15 bits per heavy atom. The lowest BCUT2D eigenvalue weighted by Crippen LogP contribution is -2.28. The first-order valence-corrected chi connectivity index (χ1v) is 10.3. The number of sulfone groups is 1. The van der Waals surface area contributed by atoms with Crippen molar-refractivity contribution in [2.75, 3.05) is 17.7 Å². The van der Waals surface area contributed by atoms with Crippen LogP contribution in [0.5, 0.6) is 0 Å². The van der Waals surface area contributed by atoms with Crippen molar-refractivity contribution in [2.45, 2.75) is 25.3 Å². The van der Waals surface area contributed by atoms with Crippen LogP contribution in [0.4, 0.5) is 5.69 Å². The summed E-state index contributed by atoms with van der Waals surface area (Å²) < 4.78 is 27.5. The smallest absolute Gasteiger partial charge is 0.306 e. The van der Waals surface area contributed by atoms with E-state index in [1.165, 1.54) is 6.08 Å². The fourth-order valence-corrected chi connectivity index (χ4v) is 4.05. The van der Waals surface area contributed by atoms with Gasteiger partial charge < -0.3 is 15.4 Å². The minimum Gasteiger partial charge on any atom is -0.456 e. The zero-order valence-corrected chi connectivity index (χ0v) is 15.3. The molecule has 8 nitrogen and oxygen atoms in total. The summed E-state index contributed by atoms with van der Waals surface area (Å²) in [5, 5.41) is 6.49. The van der Waals surface area contributed by atoms with E-state index in [1.807, 2.05) is 0 Å². The lowest BCUT2D eigenvalue weighted by atomic mass is 10.1. The third-order valence-corrected chi connectivity index (χ3v) is 5.62. The van der Waals surface area contributed by atoms with Gasteiger partial charge in [0.25, 0.3) is 11.8 Å². The zero-order valence-electron chi connectivity index (χ0n) is 14.5. The Morgan fingerprint density at radius 3 is 2.56 bits per heavy atom. The van der Waals surface area contributed by atoms with Gasteiger partial charge in [-0.15, -0.1) is 0 Å². The van der Waals surface area contributed by atoms with E-state index >= 15 is 0 Å². The van der Waals surface area contributed by atoms with Gasteiger partial charge in [0, 0.05) is 17.4 Å². The predicted molar refractivity (Wildman–Crippen MR) is 97.6 cm³/mol. The summed E-state index contributed by atoms with van der Waals surface area (Å²) in [6, 6.07) is 6.76. The van der Waals surface area contributed by atoms with Crippen LogP contribution < -0.4 is 10.6 Å². The van der Waals surface area contributed by atoms with Crippen LogP contribution in [-0.2, 0) is 24.2 Å². The molecule has 2 amide bonds. The van der Waals surface area contributed by atoms with E-state index in [4.69, 9.17) is 4.74 Å². The number of benzene rings is 1. The van der Waals surface area contributed by atoms with Gasteiger partial charge in [0.05, 0.1) is 23.4 Å². The number of allylic oxidation sites excluding steroid dienone is 1. The van der Waals surface area contributed by atoms with E-state index in [0.717, 1.165) is 18.2 Å². The van der Waals surface area contributed by atoms with Crippen LogP contribution >= 0.6 is 0 Å². The Hall–Kier alpha value is -2.68. The van der Waals surface area contributed by atoms with Crippen molar-refractivity contribution in [3.8, 4) is 0 Å². The number of esters is 1. The van der Waals surface area contributed by atoms with Gasteiger partial charge in [-0.3, -0.25) is 14.4 Å². The first kappa shape index (κ1) is 19.1. The molecule has 0 radical (unpaired) electrons. The van der Waals surface area contributed by atoms with Crippen molar-refractivity contribution < 1.29 is 27.5 Å². The summed E-state index contributed by atoms with van der Waals surface area (Å²) in [6.45, 7) is -0.513. The van der Waals surface area contributed by atoms with Crippen LogP contribution in [0.3, 0.4) is 0 Å². The maximum absolute atomic E-state index is 12.2. The van der Waals surface area contributed by atoms with Crippen LogP contribution in [-0.4, -0.2) is 44.6 Å². The highest BCUT2D eigenvalue weighted by Crippen LogP contribution is 2.22. The molecule has 1 aromatic carbocycles. The van der Waals surface area contributed by atoms with Gasteiger partial charge in [-0.05, 0) is 25.0 Å². The average Bonchev–Trinajstić information content (AvgIpc) is 3.35. The molecule has 0 saturated heterocycles. The van der Waals surface area contributed by atoms with Crippen LogP contribution in [0.15, 0.2) is 35.7 Å². The number of para-hydroxylation sites is 1. The average molecular weight is 392 g/mol.